The van der Waals surface area contributed by atoms with Crippen LogP contribution in [0.2, 0.25) is 0 Å². The highest BCUT2D eigenvalue weighted by molar-refractivity contribution is 5.81. The highest BCUT2D eigenvalue weighted by atomic mass is 17.2. The van der Waals surface area contributed by atoms with Crippen molar-refractivity contribution in [3.05, 3.63) is 12.3 Å². The lowest BCUT2D eigenvalue weighted by Crippen LogP contribution is -2.36. The van der Waals surface area contributed by atoms with Crippen molar-refractivity contribution < 1.29 is 14.6 Å². The smallest absolute Gasteiger partial charge is 0.350 e. The molecule has 0 aromatic rings. The van der Waals surface area contributed by atoms with Gasteiger partial charge in [-0.25, -0.2) is 4.79 Å². The number of likely N-dealkylation sites (N-methyl/N-ethyl adjacent to an activating group) is 1. The zero-order valence-electron chi connectivity index (χ0n) is 6.93. The van der Waals surface area contributed by atoms with Gasteiger partial charge in [0.1, 0.15) is 0 Å². The van der Waals surface area contributed by atoms with E-state index in [9.17, 15) is 4.79 Å². The second kappa shape index (κ2) is 3.87. The fourth-order valence-electron chi connectivity index (χ4n) is 0.844. The van der Waals surface area contributed by atoms with Gasteiger partial charge in [-0.05, 0) is 6.08 Å². The van der Waals surface area contributed by atoms with Gasteiger partial charge in [0.2, 0.25) is 6.17 Å². The van der Waals surface area contributed by atoms with Gasteiger partial charge in [-0.2, -0.15) is 4.89 Å². The molecular formula is C7H10N2O3. The van der Waals surface area contributed by atoms with Crippen molar-refractivity contribution in [3.63, 3.8) is 0 Å². The highest BCUT2D eigenvalue weighted by Crippen LogP contribution is 2.04. The topological polar surface area (TPSA) is 51.1 Å². The quantitative estimate of drug-likeness (QED) is 0.430. The number of allylic oxidation sites excluding steroid dienone is 1. The van der Waals surface area contributed by atoms with Crippen LogP contribution in [-0.2, 0) is 14.6 Å². The van der Waals surface area contributed by atoms with Crippen molar-refractivity contribution in [2.75, 3.05) is 14.2 Å². The molecule has 0 aromatic heterocycles. The molecule has 0 N–H and O–H groups in total. The summed E-state index contributed by atoms with van der Waals surface area (Å²) in [5, 5.41) is 0. The third-order valence-corrected chi connectivity index (χ3v) is 1.40. The highest BCUT2D eigenvalue weighted by Gasteiger charge is 2.23. The van der Waals surface area contributed by atoms with Gasteiger partial charge >= 0.3 is 5.97 Å². The van der Waals surface area contributed by atoms with E-state index in [2.05, 4.69) is 14.8 Å². The van der Waals surface area contributed by atoms with Gasteiger partial charge in [-0.15, -0.1) is 0 Å². The van der Waals surface area contributed by atoms with Gasteiger partial charge in [0.15, 0.2) is 0 Å². The molecular weight excluding hydrogens is 160 g/mol. The van der Waals surface area contributed by atoms with Crippen molar-refractivity contribution in [1.82, 2.24) is 4.90 Å². The lowest BCUT2D eigenvalue weighted by atomic mass is 10.4. The van der Waals surface area contributed by atoms with Crippen LogP contribution in [0, 0.1) is 0 Å². The van der Waals surface area contributed by atoms with Gasteiger partial charge in [0.25, 0.3) is 0 Å². The molecule has 0 aliphatic carbocycles. The molecule has 0 bridgehead atoms. The van der Waals surface area contributed by atoms with Crippen molar-refractivity contribution in [2.45, 2.75) is 6.17 Å². The Labute approximate surface area is 70.2 Å². The molecule has 0 spiro atoms. The van der Waals surface area contributed by atoms with E-state index in [1.54, 1.807) is 30.4 Å². The van der Waals surface area contributed by atoms with E-state index in [0.717, 1.165) is 0 Å². The Morgan fingerprint density at radius 3 is 3.00 bits per heavy atom. The lowest BCUT2D eigenvalue weighted by Gasteiger charge is -2.21. The minimum absolute atomic E-state index is 0.527. The molecule has 1 heterocycles. The van der Waals surface area contributed by atoms with Crippen LogP contribution in [0.15, 0.2) is 17.3 Å². The van der Waals surface area contributed by atoms with E-state index >= 15 is 0 Å². The number of nitrogens with zero attached hydrogens (tertiary/aromatic N) is 2. The van der Waals surface area contributed by atoms with Gasteiger partial charge < -0.3 is 4.90 Å². The molecule has 1 unspecified atom stereocenters. The normalized spacial score (nSPS) is 21.2. The van der Waals surface area contributed by atoms with E-state index < -0.39 is 12.1 Å². The van der Waals surface area contributed by atoms with Gasteiger partial charge in [-0.1, -0.05) is 0 Å². The fourth-order valence-corrected chi connectivity index (χ4v) is 0.844. The van der Waals surface area contributed by atoms with Crippen LogP contribution < -0.4 is 0 Å². The Morgan fingerprint density at radius 1 is 1.67 bits per heavy atom. The second-order valence-electron chi connectivity index (χ2n) is 2.25. The third-order valence-electron chi connectivity index (χ3n) is 1.40. The van der Waals surface area contributed by atoms with Crippen molar-refractivity contribution in [3.8, 4) is 0 Å². The zero-order chi connectivity index (χ0) is 8.97. The Kier molecular flexibility index (Phi) is 2.82. The maximum absolute atomic E-state index is 11.1. The van der Waals surface area contributed by atoms with E-state index in [4.69, 9.17) is 0 Å². The molecule has 1 atom stereocenters. The molecule has 0 aromatic carbocycles. The van der Waals surface area contributed by atoms with E-state index in [0.29, 0.717) is 0 Å². The number of carbonyl (C=O) groups is 1. The predicted octanol–water partition coefficient (Wildman–Crippen LogP) is -0.0530. The molecule has 0 amide bonds. The fraction of sp³-hybridized carbons (Fsp3) is 0.429. The summed E-state index contributed by atoms with van der Waals surface area (Å²) in [6.45, 7) is 0. The second-order valence-corrected chi connectivity index (χ2v) is 2.25. The lowest BCUT2D eigenvalue weighted by molar-refractivity contribution is -0.258. The van der Waals surface area contributed by atoms with Crippen LogP contribution in [0.25, 0.3) is 0 Å². The van der Waals surface area contributed by atoms with Crippen LogP contribution in [-0.4, -0.2) is 37.4 Å². The molecule has 5 nitrogen and oxygen atoms in total. The minimum atomic E-state index is -0.630. The summed E-state index contributed by atoms with van der Waals surface area (Å²) in [6.07, 6.45) is 4.38. The molecule has 0 saturated carbocycles. The first-order valence-electron chi connectivity index (χ1n) is 3.42. The average molecular weight is 170 g/mol. The molecule has 0 saturated heterocycles. The van der Waals surface area contributed by atoms with E-state index in [1.807, 2.05) is 0 Å². The summed E-state index contributed by atoms with van der Waals surface area (Å²) in [4.78, 5) is 25.1. The van der Waals surface area contributed by atoms with Crippen molar-refractivity contribution >= 4 is 12.2 Å². The average Bonchev–Trinajstić information content (AvgIpc) is 2.05. The van der Waals surface area contributed by atoms with Crippen LogP contribution in [0.4, 0.5) is 0 Å². The van der Waals surface area contributed by atoms with E-state index in [1.165, 1.54) is 7.11 Å². The maximum Gasteiger partial charge on any atom is 0.386 e. The third kappa shape index (κ3) is 1.82. The SMILES string of the molecule is COOC(=O)C1N=CC=CN1C. The standard InChI is InChI=1S/C7H10N2O3/c1-9-5-3-4-8-6(9)7(10)12-11-2/h3-6H,1-2H3. The summed E-state index contributed by atoms with van der Waals surface area (Å²) in [6, 6.07) is 0. The van der Waals surface area contributed by atoms with Crippen molar-refractivity contribution in [2.24, 2.45) is 4.99 Å². The summed E-state index contributed by atoms with van der Waals surface area (Å²) >= 11 is 0. The Hall–Kier alpha value is -1.36. The van der Waals surface area contributed by atoms with Gasteiger partial charge in [-0.3, -0.25) is 9.88 Å². The Morgan fingerprint density at radius 2 is 2.42 bits per heavy atom. The number of hydrogen-bond acceptors (Lipinski definition) is 5. The number of rotatable bonds is 2. The first-order chi connectivity index (χ1) is 5.75. The maximum atomic E-state index is 11.1. The van der Waals surface area contributed by atoms with Crippen molar-refractivity contribution in [1.29, 1.82) is 0 Å². The largest absolute Gasteiger partial charge is 0.386 e. The molecule has 66 valence electrons. The first-order valence-corrected chi connectivity index (χ1v) is 3.42. The van der Waals surface area contributed by atoms with Gasteiger partial charge in [0, 0.05) is 19.5 Å². The molecule has 1 rings (SSSR count). The molecule has 12 heavy (non-hydrogen) atoms. The van der Waals surface area contributed by atoms with Gasteiger partial charge in [0.05, 0.1) is 7.11 Å². The minimum Gasteiger partial charge on any atom is -0.350 e. The first kappa shape index (κ1) is 8.73. The number of aliphatic imine (C=N–C) groups is 1. The molecule has 1 aliphatic rings. The molecule has 5 heteroatoms. The summed E-state index contributed by atoms with van der Waals surface area (Å²) < 4.78 is 0. The molecule has 0 fully saturated rings. The summed E-state index contributed by atoms with van der Waals surface area (Å²) in [7, 11) is 3.01. The Bertz CT molecular complexity index is 225. The molecule has 1 aliphatic heterocycles. The summed E-state index contributed by atoms with van der Waals surface area (Å²) in [5.41, 5.74) is 0. The van der Waals surface area contributed by atoms with Crippen LogP contribution in [0.5, 0.6) is 0 Å². The van der Waals surface area contributed by atoms with Crippen LogP contribution >= 0.6 is 0 Å². The predicted molar refractivity (Wildman–Crippen MR) is 42.3 cm³/mol. The number of carbonyl (C=O) groups excluding carboxylic acids is 1. The van der Waals surface area contributed by atoms with E-state index in [-0.39, 0.29) is 0 Å². The summed E-state index contributed by atoms with van der Waals surface area (Å²) in [5.74, 6) is -0.527. The zero-order valence-corrected chi connectivity index (χ0v) is 6.93. The number of hydrogen-bond donors (Lipinski definition) is 0. The molecule has 0 radical (unpaired) electrons. The van der Waals surface area contributed by atoms with Crippen LogP contribution in [0.1, 0.15) is 0 Å². The Balaban J connectivity index is 2.56. The monoisotopic (exact) mass is 170 g/mol. The van der Waals surface area contributed by atoms with Crippen LogP contribution in [0.3, 0.4) is 0 Å².